The molecule has 2 saturated carbocycles. The number of benzene rings is 4. The summed E-state index contributed by atoms with van der Waals surface area (Å²) in [6.07, 6.45) is 0. The summed E-state index contributed by atoms with van der Waals surface area (Å²) in [4.78, 5) is 47.9. The van der Waals surface area contributed by atoms with Crippen molar-refractivity contribution < 1.29 is 29.4 Å². The van der Waals surface area contributed by atoms with Crippen molar-refractivity contribution in [2.75, 3.05) is 0 Å². The summed E-state index contributed by atoms with van der Waals surface area (Å²) in [6.45, 7) is 3.13. The van der Waals surface area contributed by atoms with Crippen LogP contribution >= 0.6 is 0 Å². The zero-order chi connectivity index (χ0) is 31.4. The van der Waals surface area contributed by atoms with Crippen molar-refractivity contribution >= 4 is 23.5 Å². The normalized spacial score (nSPS) is 27.0. The molecule has 44 heavy (non-hydrogen) atoms. The van der Waals surface area contributed by atoms with E-state index >= 15 is 0 Å². The molecule has 0 unspecified atom stereocenters. The summed E-state index contributed by atoms with van der Waals surface area (Å²) < 4.78 is 0. The number of hydrogen-bond acceptors (Lipinski definition) is 4. The third-order valence-electron chi connectivity index (χ3n) is 9.34. The van der Waals surface area contributed by atoms with E-state index in [0.717, 1.165) is 22.3 Å². The number of hydrogen-bond donors (Lipinski definition) is 2. The maximum absolute atomic E-state index is 12.2. The van der Waals surface area contributed by atoms with Crippen molar-refractivity contribution in [1.29, 1.82) is 0 Å². The van der Waals surface area contributed by atoms with Crippen LogP contribution in [0.2, 0.25) is 0 Å². The van der Waals surface area contributed by atoms with Crippen LogP contribution in [0.1, 0.15) is 59.8 Å². The van der Waals surface area contributed by atoms with E-state index in [4.69, 9.17) is 0 Å². The molecule has 0 bridgehead atoms. The molecule has 0 aromatic heterocycles. The lowest BCUT2D eigenvalue weighted by atomic mass is 9.51. The van der Waals surface area contributed by atoms with Crippen LogP contribution in [0.15, 0.2) is 121 Å². The second kappa shape index (κ2) is 13.2. The fraction of sp³-hybridized carbons (Fsp3) is 0.263. The van der Waals surface area contributed by atoms with Gasteiger partial charge in [0.2, 0.25) is 0 Å². The number of Topliss-reactive ketones (excluding diaryl/α,β-unsaturated/α-hetero) is 2. The van der Waals surface area contributed by atoms with Crippen LogP contribution in [0, 0.1) is 23.7 Å². The summed E-state index contributed by atoms with van der Waals surface area (Å²) in [7, 11) is 0. The van der Waals surface area contributed by atoms with Gasteiger partial charge >= 0.3 is 11.9 Å². The van der Waals surface area contributed by atoms with Gasteiger partial charge in [-0.15, -0.1) is 0 Å². The van der Waals surface area contributed by atoms with Gasteiger partial charge in [0.25, 0.3) is 0 Å². The van der Waals surface area contributed by atoms with Gasteiger partial charge in [-0.2, -0.15) is 0 Å². The first-order valence-corrected chi connectivity index (χ1v) is 14.9. The van der Waals surface area contributed by atoms with Crippen LogP contribution in [0.5, 0.6) is 0 Å². The van der Waals surface area contributed by atoms with Crippen molar-refractivity contribution in [3.63, 3.8) is 0 Å². The lowest BCUT2D eigenvalue weighted by Crippen LogP contribution is -2.50. The lowest BCUT2D eigenvalue weighted by molar-refractivity contribution is -0.153. The number of aliphatic carboxylic acids is 2. The Bertz CT molecular complexity index is 1340. The molecule has 2 N–H and O–H groups in total. The Labute approximate surface area is 257 Å². The average molecular weight is 589 g/mol. The first-order valence-electron chi connectivity index (χ1n) is 14.9. The molecule has 2 aliphatic rings. The van der Waals surface area contributed by atoms with Crippen molar-refractivity contribution in [1.82, 2.24) is 0 Å². The zero-order valence-corrected chi connectivity index (χ0v) is 24.7. The number of ketones is 2. The van der Waals surface area contributed by atoms with E-state index in [1.54, 1.807) is 13.8 Å². The second-order valence-electron chi connectivity index (χ2n) is 11.7. The largest absolute Gasteiger partial charge is 0.481 e. The molecule has 0 saturated heterocycles. The predicted molar refractivity (Wildman–Crippen MR) is 167 cm³/mol. The van der Waals surface area contributed by atoms with Gasteiger partial charge in [0.1, 0.15) is 11.6 Å². The van der Waals surface area contributed by atoms with Gasteiger partial charge in [-0.05, 0) is 36.1 Å². The Morgan fingerprint density at radius 1 is 0.386 bits per heavy atom. The van der Waals surface area contributed by atoms with Crippen molar-refractivity contribution in [2.45, 2.75) is 37.5 Å². The Morgan fingerprint density at radius 2 is 0.591 bits per heavy atom. The minimum absolute atomic E-state index is 0.0557. The fourth-order valence-electron chi connectivity index (χ4n) is 7.48. The SMILES string of the molecule is CC(=O)C1[C@@H](c2ccccc2)C(C(=O)O)[C@@H]1c1ccccc1.CC(=O)C1[C@H](c2ccccc2)C(C(=O)O)[C@H]1c1ccccc1. The molecule has 0 aliphatic heterocycles. The molecule has 0 spiro atoms. The molecule has 0 radical (unpaired) electrons. The molecule has 4 aromatic rings. The van der Waals surface area contributed by atoms with Gasteiger partial charge < -0.3 is 10.2 Å². The smallest absolute Gasteiger partial charge is 0.307 e. The average Bonchev–Trinajstić information content (AvgIpc) is 2.98. The van der Waals surface area contributed by atoms with E-state index in [-0.39, 0.29) is 47.1 Å². The maximum atomic E-state index is 12.2. The number of carbonyl (C=O) groups is 4. The fourth-order valence-corrected chi connectivity index (χ4v) is 7.48. The summed E-state index contributed by atoms with van der Waals surface area (Å²) in [6, 6.07) is 38.0. The Morgan fingerprint density at radius 3 is 0.750 bits per heavy atom. The lowest BCUT2D eigenvalue weighted by Gasteiger charge is -2.49. The highest BCUT2D eigenvalue weighted by molar-refractivity contribution is 5.88. The van der Waals surface area contributed by atoms with E-state index in [1.807, 2.05) is 121 Å². The molecular formula is C38H36O6. The molecule has 224 valence electrons. The molecular weight excluding hydrogens is 552 g/mol. The molecule has 4 atom stereocenters. The number of carboxylic acid groups (broad SMARTS) is 2. The molecule has 0 heterocycles. The first-order chi connectivity index (χ1) is 21.2. The molecule has 2 aliphatic carbocycles. The van der Waals surface area contributed by atoms with E-state index in [0.29, 0.717) is 0 Å². The standard InChI is InChI=1S/2C19H18O3/c2*1-12(20)15-16(13-8-4-2-5-9-13)18(19(21)22)17(15)14-10-6-3-7-11-14/h2*2-11,15-18H,1H3,(H,21,22)/t2*15?,16-,17-,18?/m10/s1. The van der Waals surface area contributed by atoms with Crippen molar-refractivity contribution in [3.8, 4) is 0 Å². The molecule has 6 heteroatoms. The number of rotatable bonds is 8. The highest BCUT2D eigenvalue weighted by Gasteiger charge is 2.58. The van der Waals surface area contributed by atoms with Gasteiger partial charge in [0.15, 0.2) is 0 Å². The monoisotopic (exact) mass is 588 g/mol. The Balaban J connectivity index is 0.000000175. The van der Waals surface area contributed by atoms with Crippen LogP contribution in [-0.4, -0.2) is 33.7 Å². The first kappa shape index (κ1) is 30.6. The van der Waals surface area contributed by atoms with E-state index < -0.39 is 23.8 Å². The molecule has 0 amide bonds. The van der Waals surface area contributed by atoms with Crippen molar-refractivity contribution in [3.05, 3.63) is 144 Å². The van der Waals surface area contributed by atoms with Crippen LogP contribution < -0.4 is 0 Å². The Kier molecular flexibility index (Phi) is 9.19. The van der Waals surface area contributed by atoms with Gasteiger partial charge in [0.05, 0.1) is 11.8 Å². The minimum atomic E-state index is -0.833. The van der Waals surface area contributed by atoms with E-state index in [2.05, 4.69) is 0 Å². The highest BCUT2D eigenvalue weighted by Crippen LogP contribution is 2.59. The molecule has 6 rings (SSSR count). The van der Waals surface area contributed by atoms with E-state index in [1.165, 1.54) is 0 Å². The van der Waals surface area contributed by atoms with Crippen LogP contribution in [0.4, 0.5) is 0 Å². The van der Waals surface area contributed by atoms with E-state index in [9.17, 15) is 29.4 Å². The minimum Gasteiger partial charge on any atom is -0.481 e. The second-order valence-corrected chi connectivity index (χ2v) is 11.7. The third kappa shape index (κ3) is 5.85. The van der Waals surface area contributed by atoms with Gasteiger partial charge in [-0.25, -0.2) is 0 Å². The van der Waals surface area contributed by atoms with Gasteiger partial charge in [-0.1, -0.05) is 121 Å². The number of carboxylic acids is 2. The third-order valence-corrected chi connectivity index (χ3v) is 9.34. The predicted octanol–water partition coefficient (Wildman–Crippen LogP) is 6.95. The summed E-state index contributed by atoms with van der Waals surface area (Å²) in [5, 5.41) is 19.4. The summed E-state index contributed by atoms with van der Waals surface area (Å²) >= 11 is 0. The maximum Gasteiger partial charge on any atom is 0.307 e. The van der Waals surface area contributed by atoms with Gasteiger partial charge in [-0.3, -0.25) is 19.2 Å². The van der Waals surface area contributed by atoms with Gasteiger partial charge in [0, 0.05) is 35.5 Å². The summed E-state index contributed by atoms with van der Waals surface area (Å²) in [5.74, 6) is -4.21. The molecule has 6 nitrogen and oxygen atoms in total. The Hall–Kier alpha value is -4.84. The summed E-state index contributed by atoms with van der Waals surface area (Å²) in [5.41, 5.74) is 3.73. The zero-order valence-electron chi connectivity index (χ0n) is 24.7. The quantitative estimate of drug-likeness (QED) is 0.231. The van der Waals surface area contributed by atoms with Crippen LogP contribution in [0.25, 0.3) is 0 Å². The molecule has 2 fully saturated rings. The highest BCUT2D eigenvalue weighted by atomic mass is 16.4. The topological polar surface area (TPSA) is 109 Å². The van der Waals surface area contributed by atoms with Crippen molar-refractivity contribution in [2.24, 2.45) is 23.7 Å². The molecule has 4 aromatic carbocycles. The number of carbonyl (C=O) groups excluding carboxylic acids is 2. The van der Waals surface area contributed by atoms with Crippen LogP contribution in [-0.2, 0) is 19.2 Å². The van der Waals surface area contributed by atoms with Crippen LogP contribution in [0.3, 0.4) is 0 Å².